The third kappa shape index (κ3) is 4.14. The zero-order chi connectivity index (χ0) is 14.4. The van der Waals surface area contributed by atoms with Crippen LogP contribution >= 0.6 is 23.2 Å². The van der Waals surface area contributed by atoms with E-state index in [0.717, 1.165) is 17.7 Å². The summed E-state index contributed by atoms with van der Waals surface area (Å²) in [5.74, 6) is 0.695. The highest BCUT2D eigenvalue weighted by atomic mass is 35.5. The Hall–Kier alpha value is -1.22. The van der Waals surface area contributed by atoms with E-state index in [0.29, 0.717) is 28.9 Å². The minimum absolute atomic E-state index is 0.487. The summed E-state index contributed by atoms with van der Waals surface area (Å²) in [7, 11) is 0. The second kappa shape index (κ2) is 7.53. The quantitative estimate of drug-likeness (QED) is 0.836. The van der Waals surface area contributed by atoms with Crippen molar-refractivity contribution in [2.45, 2.75) is 20.1 Å². The molecule has 0 aliphatic carbocycles. The highest BCUT2D eigenvalue weighted by Gasteiger charge is 2.10. The molecule has 2 aromatic carbocycles. The van der Waals surface area contributed by atoms with Crippen LogP contribution in [0.1, 0.15) is 18.1 Å². The van der Waals surface area contributed by atoms with Crippen LogP contribution in [-0.2, 0) is 13.2 Å². The van der Waals surface area contributed by atoms with Crippen LogP contribution in [0.15, 0.2) is 42.5 Å². The molecule has 0 radical (unpaired) electrons. The lowest BCUT2D eigenvalue weighted by Crippen LogP contribution is -2.13. The molecule has 0 saturated heterocycles. The molecule has 0 atom stereocenters. The monoisotopic (exact) mass is 309 g/mol. The van der Waals surface area contributed by atoms with Crippen LogP contribution in [-0.4, -0.2) is 6.54 Å². The van der Waals surface area contributed by atoms with Crippen molar-refractivity contribution in [2.75, 3.05) is 6.54 Å². The van der Waals surface area contributed by atoms with Crippen molar-refractivity contribution >= 4 is 23.2 Å². The van der Waals surface area contributed by atoms with Crippen LogP contribution in [0.5, 0.6) is 5.75 Å². The average molecular weight is 310 g/mol. The van der Waals surface area contributed by atoms with Gasteiger partial charge in [0.15, 0.2) is 0 Å². The van der Waals surface area contributed by atoms with Crippen LogP contribution in [0.4, 0.5) is 0 Å². The summed E-state index contributed by atoms with van der Waals surface area (Å²) in [5.41, 5.74) is 2.08. The summed E-state index contributed by atoms with van der Waals surface area (Å²) in [6.07, 6.45) is 0. The summed E-state index contributed by atoms with van der Waals surface area (Å²) in [6, 6.07) is 13.6. The second-order valence-corrected chi connectivity index (χ2v) is 5.27. The van der Waals surface area contributed by atoms with Crippen LogP contribution < -0.4 is 10.1 Å². The van der Waals surface area contributed by atoms with Crippen LogP contribution in [0.3, 0.4) is 0 Å². The molecule has 0 bridgehead atoms. The first-order valence-corrected chi connectivity index (χ1v) is 7.31. The molecule has 0 saturated carbocycles. The fourth-order valence-corrected chi connectivity index (χ4v) is 2.49. The molecule has 2 nitrogen and oxygen atoms in total. The Kier molecular flexibility index (Phi) is 5.72. The first-order chi connectivity index (χ1) is 9.70. The molecule has 0 amide bonds. The van der Waals surface area contributed by atoms with Gasteiger partial charge < -0.3 is 10.1 Å². The fraction of sp³-hybridized carbons (Fsp3) is 0.250. The van der Waals surface area contributed by atoms with Gasteiger partial charge in [-0.15, -0.1) is 0 Å². The minimum atomic E-state index is 0.487. The van der Waals surface area contributed by atoms with Crippen LogP contribution in [0.25, 0.3) is 0 Å². The van der Waals surface area contributed by atoms with E-state index in [-0.39, 0.29) is 0 Å². The van der Waals surface area contributed by atoms with Crippen LogP contribution in [0.2, 0.25) is 10.0 Å². The van der Waals surface area contributed by atoms with E-state index >= 15 is 0 Å². The summed E-state index contributed by atoms with van der Waals surface area (Å²) < 4.78 is 5.88. The molecular weight excluding hydrogens is 293 g/mol. The predicted octanol–water partition coefficient (Wildman–Crippen LogP) is 4.68. The molecule has 0 unspecified atom stereocenters. The summed E-state index contributed by atoms with van der Waals surface area (Å²) in [5, 5.41) is 4.42. The Labute approximate surface area is 129 Å². The number of nitrogens with one attached hydrogen (secondary N) is 1. The molecular formula is C16H17Cl2NO. The molecule has 0 fully saturated rings. The third-order valence-electron chi connectivity index (χ3n) is 2.88. The number of ether oxygens (including phenoxy) is 1. The number of hydrogen-bond acceptors (Lipinski definition) is 2. The molecule has 0 aromatic heterocycles. The zero-order valence-electron chi connectivity index (χ0n) is 11.3. The summed E-state index contributed by atoms with van der Waals surface area (Å²) in [4.78, 5) is 0. The van der Waals surface area contributed by atoms with E-state index in [1.54, 1.807) is 6.07 Å². The maximum absolute atomic E-state index is 6.24. The Balaban J connectivity index is 2.16. The summed E-state index contributed by atoms with van der Waals surface area (Å²) in [6.45, 7) is 4.10. The van der Waals surface area contributed by atoms with E-state index < -0.39 is 0 Å². The molecule has 0 aliphatic rings. The van der Waals surface area contributed by atoms with E-state index in [4.69, 9.17) is 27.9 Å². The van der Waals surface area contributed by atoms with Gasteiger partial charge in [-0.2, -0.15) is 0 Å². The molecule has 2 aromatic rings. The van der Waals surface area contributed by atoms with Crippen molar-refractivity contribution in [1.29, 1.82) is 0 Å². The Morgan fingerprint density at radius 2 is 1.85 bits per heavy atom. The smallest absolute Gasteiger partial charge is 0.142 e. The highest BCUT2D eigenvalue weighted by molar-refractivity contribution is 6.35. The number of hydrogen-bond donors (Lipinski definition) is 1. The van der Waals surface area contributed by atoms with Gasteiger partial charge in [-0.25, -0.2) is 0 Å². The largest absolute Gasteiger partial charge is 0.487 e. The lowest BCUT2D eigenvalue weighted by molar-refractivity contribution is 0.302. The van der Waals surface area contributed by atoms with E-state index in [2.05, 4.69) is 12.2 Å². The Bertz CT molecular complexity index is 558. The number of benzene rings is 2. The standard InChI is InChI=1S/C16H17Cl2NO/c1-2-19-10-13-8-14(17)9-15(18)16(13)20-11-12-6-4-3-5-7-12/h3-9,19H,2,10-11H2,1H3. The summed E-state index contributed by atoms with van der Waals surface area (Å²) >= 11 is 12.3. The van der Waals surface area contributed by atoms with Crippen molar-refractivity contribution in [3.8, 4) is 5.75 Å². The first kappa shape index (κ1) is 15.2. The van der Waals surface area contributed by atoms with Gasteiger partial charge in [0.25, 0.3) is 0 Å². The zero-order valence-corrected chi connectivity index (χ0v) is 12.8. The third-order valence-corrected chi connectivity index (χ3v) is 3.38. The predicted molar refractivity (Wildman–Crippen MR) is 84.6 cm³/mol. The van der Waals surface area contributed by atoms with Crippen molar-refractivity contribution < 1.29 is 4.74 Å². The molecule has 1 N–H and O–H groups in total. The van der Waals surface area contributed by atoms with Crippen molar-refractivity contribution in [1.82, 2.24) is 5.32 Å². The molecule has 20 heavy (non-hydrogen) atoms. The van der Waals surface area contributed by atoms with Gasteiger partial charge in [0.05, 0.1) is 5.02 Å². The van der Waals surface area contributed by atoms with Gasteiger partial charge in [0, 0.05) is 17.1 Å². The average Bonchev–Trinajstić information content (AvgIpc) is 2.45. The second-order valence-electron chi connectivity index (χ2n) is 4.43. The van der Waals surface area contributed by atoms with Crippen LogP contribution in [0, 0.1) is 0 Å². The van der Waals surface area contributed by atoms with E-state index in [1.165, 1.54) is 0 Å². The van der Waals surface area contributed by atoms with Gasteiger partial charge in [-0.3, -0.25) is 0 Å². The maximum Gasteiger partial charge on any atom is 0.142 e. The molecule has 0 aliphatic heterocycles. The minimum Gasteiger partial charge on any atom is -0.487 e. The molecule has 4 heteroatoms. The van der Waals surface area contributed by atoms with Gasteiger partial charge in [-0.1, -0.05) is 60.5 Å². The van der Waals surface area contributed by atoms with Gasteiger partial charge in [0.2, 0.25) is 0 Å². The van der Waals surface area contributed by atoms with Gasteiger partial charge in [0.1, 0.15) is 12.4 Å². The van der Waals surface area contributed by atoms with Gasteiger partial charge in [-0.05, 0) is 24.2 Å². The molecule has 106 valence electrons. The normalized spacial score (nSPS) is 10.6. The van der Waals surface area contributed by atoms with Crippen molar-refractivity contribution in [3.63, 3.8) is 0 Å². The lowest BCUT2D eigenvalue weighted by Gasteiger charge is -2.14. The number of halogens is 2. The Morgan fingerprint density at radius 1 is 1.10 bits per heavy atom. The van der Waals surface area contributed by atoms with Gasteiger partial charge >= 0.3 is 0 Å². The number of rotatable bonds is 6. The van der Waals surface area contributed by atoms with E-state index in [9.17, 15) is 0 Å². The topological polar surface area (TPSA) is 21.3 Å². The Morgan fingerprint density at radius 3 is 2.55 bits per heavy atom. The lowest BCUT2D eigenvalue weighted by atomic mass is 10.2. The molecule has 0 spiro atoms. The van der Waals surface area contributed by atoms with E-state index in [1.807, 2.05) is 36.4 Å². The molecule has 0 heterocycles. The van der Waals surface area contributed by atoms with Crippen molar-refractivity contribution in [2.24, 2.45) is 0 Å². The SMILES string of the molecule is CCNCc1cc(Cl)cc(Cl)c1OCc1ccccc1. The van der Waals surface area contributed by atoms with Crippen molar-refractivity contribution in [3.05, 3.63) is 63.6 Å². The fourth-order valence-electron chi connectivity index (χ4n) is 1.90. The highest BCUT2D eigenvalue weighted by Crippen LogP contribution is 2.33. The first-order valence-electron chi connectivity index (χ1n) is 6.56. The maximum atomic E-state index is 6.24. The molecule has 2 rings (SSSR count).